The highest BCUT2D eigenvalue weighted by atomic mass is 16.2. The summed E-state index contributed by atoms with van der Waals surface area (Å²) in [4.78, 5) is 17.4. The van der Waals surface area contributed by atoms with E-state index in [1.54, 1.807) is 0 Å². The monoisotopic (exact) mass is 278 g/mol. The fourth-order valence-corrected chi connectivity index (χ4v) is 4.50. The van der Waals surface area contributed by atoms with Crippen molar-refractivity contribution in [2.75, 3.05) is 20.1 Å². The third kappa shape index (κ3) is 3.03. The minimum absolute atomic E-state index is 0.328. The standard InChI is InChI=1S/C17H30N2O/c1-18(17(20)14-7-3-2-4-8-14)16-11-12-19(13-16)15-9-5-6-10-15/h14-16H,2-13H2,1H3. The summed E-state index contributed by atoms with van der Waals surface area (Å²) in [6.45, 7) is 2.33. The predicted octanol–water partition coefficient (Wildman–Crippen LogP) is 3.04. The van der Waals surface area contributed by atoms with Crippen LogP contribution in [0.15, 0.2) is 0 Å². The molecule has 0 aromatic rings. The van der Waals surface area contributed by atoms with Gasteiger partial charge in [0.25, 0.3) is 0 Å². The molecule has 0 spiro atoms. The molecule has 3 rings (SSSR count). The average Bonchev–Trinajstić information content (AvgIpc) is 3.17. The Balaban J connectivity index is 1.52. The molecule has 20 heavy (non-hydrogen) atoms. The lowest BCUT2D eigenvalue weighted by Crippen LogP contribution is -2.43. The summed E-state index contributed by atoms with van der Waals surface area (Å²) in [5.41, 5.74) is 0. The van der Waals surface area contributed by atoms with E-state index >= 15 is 0 Å². The number of amides is 1. The normalized spacial score (nSPS) is 29.9. The lowest BCUT2D eigenvalue weighted by Gasteiger charge is -2.31. The summed E-state index contributed by atoms with van der Waals surface area (Å²) in [6.07, 6.45) is 12.8. The van der Waals surface area contributed by atoms with Crippen molar-refractivity contribution >= 4 is 5.91 Å². The zero-order valence-electron chi connectivity index (χ0n) is 13.0. The molecule has 1 saturated heterocycles. The topological polar surface area (TPSA) is 23.6 Å². The summed E-state index contributed by atoms with van der Waals surface area (Å²) in [5, 5.41) is 0. The van der Waals surface area contributed by atoms with Gasteiger partial charge in [-0.2, -0.15) is 0 Å². The molecule has 0 N–H and O–H groups in total. The molecule has 114 valence electrons. The van der Waals surface area contributed by atoms with Gasteiger partial charge < -0.3 is 4.90 Å². The average molecular weight is 278 g/mol. The van der Waals surface area contributed by atoms with Crippen LogP contribution in [0.3, 0.4) is 0 Å². The van der Waals surface area contributed by atoms with Crippen LogP contribution in [0.1, 0.15) is 64.2 Å². The van der Waals surface area contributed by atoms with E-state index in [1.807, 2.05) is 0 Å². The molecule has 0 radical (unpaired) electrons. The van der Waals surface area contributed by atoms with Gasteiger partial charge in [-0.25, -0.2) is 0 Å². The van der Waals surface area contributed by atoms with Crippen molar-refractivity contribution in [2.45, 2.75) is 76.3 Å². The van der Waals surface area contributed by atoms with E-state index in [0.717, 1.165) is 25.4 Å². The van der Waals surface area contributed by atoms with Crippen molar-refractivity contribution in [3.63, 3.8) is 0 Å². The van der Waals surface area contributed by atoms with Crippen molar-refractivity contribution in [2.24, 2.45) is 5.92 Å². The number of hydrogen-bond donors (Lipinski definition) is 0. The first kappa shape index (κ1) is 14.4. The minimum Gasteiger partial charge on any atom is -0.341 e. The number of hydrogen-bond acceptors (Lipinski definition) is 2. The molecule has 3 heteroatoms. The molecule has 0 bridgehead atoms. The van der Waals surface area contributed by atoms with Gasteiger partial charge in [0.1, 0.15) is 0 Å². The predicted molar refractivity (Wildman–Crippen MR) is 81.6 cm³/mol. The van der Waals surface area contributed by atoms with Gasteiger partial charge in [0.05, 0.1) is 0 Å². The number of rotatable bonds is 3. The van der Waals surface area contributed by atoms with Crippen LogP contribution < -0.4 is 0 Å². The molecule has 1 heterocycles. The molecule has 3 aliphatic rings. The Morgan fingerprint density at radius 3 is 2.30 bits per heavy atom. The van der Waals surface area contributed by atoms with Gasteiger partial charge in [0, 0.05) is 38.1 Å². The van der Waals surface area contributed by atoms with Gasteiger partial charge in [-0.05, 0) is 32.1 Å². The first-order chi connectivity index (χ1) is 9.75. The highest BCUT2D eigenvalue weighted by Gasteiger charge is 2.35. The molecule has 0 aromatic heterocycles. The lowest BCUT2D eigenvalue weighted by atomic mass is 9.88. The van der Waals surface area contributed by atoms with Gasteiger partial charge in [-0.1, -0.05) is 32.1 Å². The van der Waals surface area contributed by atoms with Crippen molar-refractivity contribution in [3.05, 3.63) is 0 Å². The van der Waals surface area contributed by atoms with Gasteiger partial charge in [0.2, 0.25) is 5.91 Å². The molecule has 2 saturated carbocycles. The second-order valence-electron chi connectivity index (χ2n) is 7.16. The van der Waals surface area contributed by atoms with Crippen molar-refractivity contribution in [3.8, 4) is 0 Å². The molecule has 0 aromatic carbocycles. The summed E-state index contributed by atoms with van der Waals surface area (Å²) >= 11 is 0. The third-order valence-corrected chi connectivity index (χ3v) is 5.89. The zero-order valence-corrected chi connectivity index (χ0v) is 13.0. The first-order valence-electron chi connectivity index (χ1n) is 8.76. The van der Waals surface area contributed by atoms with Gasteiger partial charge >= 0.3 is 0 Å². The quantitative estimate of drug-likeness (QED) is 0.792. The van der Waals surface area contributed by atoms with Crippen molar-refractivity contribution < 1.29 is 4.79 Å². The number of carbonyl (C=O) groups is 1. The Labute approximate surface area is 123 Å². The van der Waals surface area contributed by atoms with E-state index in [2.05, 4.69) is 16.8 Å². The number of nitrogens with zero attached hydrogens (tertiary/aromatic N) is 2. The van der Waals surface area contributed by atoms with E-state index in [-0.39, 0.29) is 0 Å². The summed E-state index contributed by atoms with van der Waals surface area (Å²) in [7, 11) is 2.06. The fraction of sp³-hybridized carbons (Fsp3) is 0.941. The van der Waals surface area contributed by atoms with Gasteiger partial charge in [-0.3, -0.25) is 9.69 Å². The van der Waals surface area contributed by atoms with Crippen LogP contribution >= 0.6 is 0 Å². The smallest absolute Gasteiger partial charge is 0.225 e. The summed E-state index contributed by atoms with van der Waals surface area (Å²) in [5.74, 6) is 0.761. The number of likely N-dealkylation sites (tertiary alicyclic amines) is 1. The Kier molecular flexibility index (Phi) is 4.65. The maximum Gasteiger partial charge on any atom is 0.225 e. The van der Waals surface area contributed by atoms with E-state index in [0.29, 0.717) is 17.9 Å². The van der Waals surface area contributed by atoms with Crippen molar-refractivity contribution in [1.82, 2.24) is 9.80 Å². The van der Waals surface area contributed by atoms with Crippen LogP contribution in [0.2, 0.25) is 0 Å². The van der Waals surface area contributed by atoms with Crippen LogP contribution in [0.4, 0.5) is 0 Å². The molecule has 2 aliphatic carbocycles. The van der Waals surface area contributed by atoms with Crippen molar-refractivity contribution in [1.29, 1.82) is 0 Å². The van der Waals surface area contributed by atoms with E-state index < -0.39 is 0 Å². The molecular weight excluding hydrogens is 248 g/mol. The molecular formula is C17H30N2O. The largest absolute Gasteiger partial charge is 0.341 e. The van der Waals surface area contributed by atoms with Crippen LogP contribution in [0.5, 0.6) is 0 Å². The molecule has 3 fully saturated rings. The Morgan fingerprint density at radius 2 is 1.60 bits per heavy atom. The molecule has 1 unspecified atom stereocenters. The van der Waals surface area contributed by atoms with Crippen LogP contribution in [0, 0.1) is 5.92 Å². The number of carbonyl (C=O) groups excluding carboxylic acids is 1. The van der Waals surface area contributed by atoms with E-state index in [1.165, 1.54) is 57.9 Å². The highest BCUT2D eigenvalue weighted by Crippen LogP contribution is 2.30. The van der Waals surface area contributed by atoms with Crippen LogP contribution in [-0.2, 0) is 4.79 Å². The van der Waals surface area contributed by atoms with E-state index in [4.69, 9.17) is 0 Å². The first-order valence-corrected chi connectivity index (χ1v) is 8.76. The molecule has 1 aliphatic heterocycles. The highest BCUT2D eigenvalue weighted by molar-refractivity contribution is 5.79. The maximum absolute atomic E-state index is 12.6. The molecule has 1 atom stereocenters. The third-order valence-electron chi connectivity index (χ3n) is 5.89. The van der Waals surface area contributed by atoms with E-state index in [9.17, 15) is 4.79 Å². The molecule has 3 nitrogen and oxygen atoms in total. The Bertz CT molecular complexity index is 332. The van der Waals surface area contributed by atoms with Gasteiger partial charge in [0.15, 0.2) is 0 Å². The summed E-state index contributed by atoms with van der Waals surface area (Å²) in [6, 6.07) is 1.29. The minimum atomic E-state index is 0.328. The zero-order chi connectivity index (χ0) is 13.9. The molecule has 1 amide bonds. The van der Waals surface area contributed by atoms with Crippen LogP contribution in [0.25, 0.3) is 0 Å². The number of likely N-dealkylation sites (N-methyl/N-ethyl adjacent to an activating group) is 1. The lowest BCUT2D eigenvalue weighted by molar-refractivity contribution is -0.137. The Hall–Kier alpha value is -0.570. The SMILES string of the molecule is CN(C(=O)C1CCCCC1)C1CCN(C2CCCC2)C1. The second-order valence-corrected chi connectivity index (χ2v) is 7.16. The van der Waals surface area contributed by atoms with Gasteiger partial charge in [-0.15, -0.1) is 0 Å². The van der Waals surface area contributed by atoms with Crippen LogP contribution in [-0.4, -0.2) is 47.9 Å². The second kappa shape index (κ2) is 6.46. The summed E-state index contributed by atoms with van der Waals surface area (Å²) < 4.78 is 0. The maximum atomic E-state index is 12.6. The fourth-order valence-electron chi connectivity index (χ4n) is 4.50. The Morgan fingerprint density at radius 1 is 0.950 bits per heavy atom.